The van der Waals surface area contributed by atoms with Gasteiger partial charge in [-0.2, -0.15) is 0 Å². The summed E-state index contributed by atoms with van der Waals surface area (Å²) in [6, 6.07) is 0. The van der Waals surface area contributed by atoms with Crippen molar-refractivity contribution in [1.29, 1.82) is 0.594 Å². The van der Waals surface area contributed by atoms with E-state index in [1.807, 2.05) is 0 Å². The Kier molecular flexibility index (Phi) is 1.33. The zero-order valence-corrected chi connectivity index (χ0v) is 6.37. The Morgan fingerprint density at radius 2 is 3.80 bits per heavy atom. The molecule has 0 spiro atoms. The average molecular weight is 307 g/mol. The van der Waals surface area contributed by atoms with Crippen LogP contribution >= 0.6 is 43.0 Å². The molecule has 0 aliphatic heterocycles. The number of hydrogen-bond donors (Lipinski definition) is 2. The number of rotatable bonds is 2. The molecule has 0 bridgehead atoms. The van der Waals surface area contributed by atoms with Crippen LogP contribution in [0.1, 0.15) is 0 Å². The number of halogens is 2. The first-order valence-electron chi connectivity index (χ1n) is 2.38. The summed E-state index contributed by atoms with van der Waals surface area (Å²) < 4.78 is 37.0. The van der Waals surface area contributed by atoms with Crippen LogP contribution in [-0.2, 0) is 3.07 Å². The van der Waals surface area contributed by atoms with Gasteiger partial charge < -0.3 is 0 Å². The van der Waals surface area contributed by atoms with Crippen molar-refractivity contribution in [2.45, 2.75) is 0 Å². The summed E-state index contributed by atoms with van der Waals surface area (Å²) in [5.41, 5.74) is 0. The SMILES string of the molecule is [2H]N([3H])I([2H])(=O)N([2H])I. The Morgan fingerprint density at radius 3 is 3.80 bits per heavy atom. The van der Waals surface area contributed by atoms with Crippen molar-refractivity contribution in [3.05, 3.63) is 0 Å². The normalized spacial score (nSPS) is 40.6. The molecule has 0 aliphatic rings. The van der Waals surface area contributed by atoms with Crippen molar-refractivity contribution in [3.63, 3.8) is 0 Å². The fourth-order valence-electron chi connectivity index (χ4n) is 0. The molecule has 1 atom stereocenters. The van der Waals surface area contributed by atoms with Crippen molar-refractivity contribution in [3.8, 4) is 0 Å². The van der Waals surface area contributed by atoms with Gasteiger partial charge in [0.2, 0.25) is 0 Å². The van der Waals surface area contributed by atoms with Crippen LogP contribution in [0.3, 0.4) is 0 Å². The minimum atomic E-state index is -4.61. The average Bonchev–Trinajstić information content (AvgIpc) is 1.65. The molecule has 0 fully saturated rings. The van der Waals surface area contributed by atoms with Crippen LogP contribution in [0.2, 0.25) is 4.24 Å². The van der Waals surface area contributed by atoms with Crippen molar-refractivity contribution in [2.75, 3.05) is 0 Å². The van der Waals surface area contributed by atoms with Gasteiger partial charge >= 0.3 is 56.6 Å². The maximum atomic E-state index is 10.6. The van der Waals surface area contributed by atoms with E-state index in [0.717, 1.165) is 0 Å². The van der Waals surface area contributed by atoms with E-state index in [4.69, 9.17) is 4.83 Å². The molecule has 5 heavy (non-hydrogen) atoms. The fraction of sp³-hybridized carbons (Fsp3) is 0. The summed E-state index contributed by atoms with van der Waals surface area (Å²) in [6.45, 7) is 0. The third-order valence-corrected chi connectivity index (χ3v) is 2.46. The molecule has 34 valence electrons. The molecule has 0 rings (SSSR count). The van der Waals surface area contributed by atoms with E-state index in [-0.39, 0.29) is 3.93 Å². The summed E-state index contributed by atoms with van der Waals surface area (Å²) in [5.74, 6) is 0. The van der Waals surface area contributed by atoms with Crippen LogP contribution in [0.5, 0.6) is 0 Å². The minimum absolute atomic E-state index is 0.216. The molecule has 0 heterocycles. The molecule has 5 heteroatoms. The van der Waals surface area contributed by atoms with Crippen molar-refractivity contribution >= 4 is 43.0 Å². The molecule has 0 aromatic rings. The number of hydrogen-bond acceptors (Lipinski definition) is 1. The van der Waals surface area contributed by atoms with Crippen molar-refractivity contribution in [2.24, 2.45) is 3.93 Å². The monoisotopic (exact) mass is 307 g/mol. The Labute approximate surface area is 56.5 Å². The summed E-state index contributed by atoms with van der Waals surface area (Å²) >= 11 is -3.31. The topological polar surface area (TPSA) is 55.1 Å². The van der Waals surface area contributed by atoms with Gasteiger partial charge in [0, 0.05) is 0 Å². The second kappa shape index (κ2) is 3.37. The van der Waals surface area contributed by atoms with E-state index >= 15 is 0 Å². The molecule has 0 aromatic carbocycles. The Bertz CT molecular complexity index is 123. The van der Waals surface area contributed by atoms with Gasteiger partial charge in [-0.3, -0.25) is 0 Å². The first-order valence-corrected chi connectivity index (χ1v) is 4.44. The second-order valence-electron chi connectivity index (χ2n) is 0.277. The third kappa shape index (κ3) is 5.18. The van der Waals surface area contributed by atoms with Crippen LogP contribution in [0, 0.1) is 0 Å². The van der Waals surface area contributed by atoms with Crippen LogP contribution in [0.15, 0.2) is 0 Å². The van der Waals surface area contributed by atoms with Crippen LogP contribution < -0.4 is 5.67 Å². The zero-order chi connectivity index (χ0) is 7.65. The maximum absolute atomic E-state index is 10.6. The summed E-state index contributed by atoms with van der Waals surface area (Å²) in [7, 11) is 0. The van der Waals surface area contributed by atoms with Crippen LogP contribution in [0.25, 0.3) is 0 Å². The molecule has 0 aliphatic carbocycles. The molecule has 3 N–H and O–H groups in total. The third-order valence-electron chi connectivity index (χ3n) is 0.0547. The zero-order valence-electron chi connectivity index (χ0n) is 6.06. The number of nitrogens with two attached hydrogens (primary N) is 1. The fourth-order valence-corrected chi connectivity index (χ4v) is 0. The second-order valence-corrected chi connectivity index (χ2v) is 4.31. The van der Waals surface area contributed by atoms with E-state index in [1.165, 1.54) is 22.9 Å². The Morgan fingerprint density at radius 1 is 3.20 bits per heavy atom. The number of nitrogens with one attached hydrogen (secondary N) is 1. The van der Waals surface area contributed by atoms with E-state index < -0.39 is 20.2 Å². The molecule has 3 nitrogen and oxygen atoms in total. The molecule has 1 unspecified atom stereocenters. The van der Waals surface area contributed by atoms with E-state index in [1.54, 1.807) is 0 Å². The Balaban J connectivity index is 4.21. The molecule has 0 aromatic heterocycles. The van der Waals surface area contributed by atoms with Crippen molar-refractivity contribution in [1.82, 2.24) is 1.74 Å². The van der Waals surface area contributed by atoms with Gasteiger partial charge in [-0.1, -0.05) is 0 Å². The Hall–Kier alpha value is 1.18. The molecule has 0 amide bonds. The first-order chi connectivity index (χ1) is 3.89. The quantitative estimate of drug-likeness (QED) is 0.570. The van der Waals surface area contributed by atoms with Crippen LogP contribution in [-0.4, -0.2) is 0.594 Å². The molecular formula is H4I2N2O. The van der Waals surface area contributed by atoms with Gasteiger partial charge in [0.1, 0.15) is 0 Å². The van der Waals surface area contributed by atoms with Crippen molar-refractivity contribution < 1.29 is 7.30 Å². The molecular weight excluding hydrogens is 298 g/mol. The van der Waals surface area contributed by atoms with Gasteiger partial charge in [0.15, 0.2) is 0 Å². The van der Waals surface area contributed by atoms with Gasteiger partial charge in [-0.15, -0.1) is 0 Å². The predicted octanol–water partition coefficient (Wildman–Crippen LogP) is 0.299. The summed E-state index contributed by atoms with van der Waals surface area (Å²) in [5, 5.41) is 0. The summed E-state index contributed by atoms with van der Waals surface area (Å²) in [6.07, 6.45) is 0. The standard InChI is InChI=1S/H4I2N2O/c1-4-2(3)5/h2H,(H3,3,4,5)/i2D/hTD2. The first kappa shape index (κ1) is 1.97. The summed E-state index contributed by atoms with van der Waals surface area (Å²) in [4.78, 5) is 0. The van der Waals surface area contributed by atoms with Crippen LogP contribution in [0.4, 0.5) is 0 Å². The van der Waals surface area contributed by atoms with E-state index in [2.05, 4.69) is 0 Å². The van der Waals surface area contributed by atoms with Gasteiger partial charge in [-0.05, 0) is 0 Å². The molecule has 0 saturated heterocycles. The van der Waals surface area contributed by atoms with E-state index in [9.17, 15) is 3.07 Å². The van der Waals surface area contributed by atoms with E-state index in [0.29, 0.717) is 1.74 Å². The van der Waals surface area contributed by atoms with Gasteiger partial charge in [-0.25, -0.2) is 0 Å². The predicted molar refractivity (Wildman–Crippen MR) is 37.4 cm³/mol. The molecule has 0 saturated carbocycles. The molecule has 0 radical (unpaired) electrons. The van der Waals surface area contributed by atoms with Gasteiger partial charge in [0.25, 0.3) is 0 Å². The van der Waals surface area contributed by atoms with Gasteiger partial charge in [0.05, 0.1) is 0 Å².